The summed E-state index contributed by atoms with van der Waals surface area (Å²) in [5, 5.41) is 3.49. The zero-order chi connectivity index (χ0) is 8.72. The van der Waals surface area contributed by atoms with Crippen LogP contribution in [0.2, 0.25) is 0 Å². The van der Waals surface area contributed by atoms with Gasteiger partial charge in [0.2, 0.25) is 0 Å². The number of hydrogen-bond acceptors (Lipinski definition) is 2. The third kappa shape index (κ3) is 1.51. The van der Waals surface area contributed by atoms with Gasteiger partial charge in [0.15, 0.2) is 0 Å². The lowest BCUT2D eigenvalue weighted by molar-refractivity contribution is 1.52. The molecule has 0 aliphatic carbocycles. The molecule has 62 valence electrons. The molecule has 0 unspecified atom stereocenters. The van der Waals surface area contributed by atoms with Crippen molar-refractivity contribution in [3.05, 3.63) is 24.7 Å². The Labute approximate surface area is 107 Å². The van der Waals surface area contributed by atoms with Gasteiger partial charge in [-0.2, -0.15) is 0 Å². The summed E-state index contributed by atoms with van der Waals surface area (Å²) in [6, 6.07) is 4.27. The molecule has 0 saturated heterocycles. The van der Waals surface area contributed by atoms with Crippen molar-refractivity contribution >= 4 is 79.2 Å². The van der Waals surface area contributed by atoms with Gasteiger partial charge in [0.05, 0.1) is 0 Å². The van der Waals surface area contributed by atoms with Gasteiger partial charge in [-0.1, -0.05) is 6.07 Å². The number of thiol groups is 1. The first-order valence-corrected chi connectivity index (χ1v) is 6.73. The van der Waals surface area contributed by atoms with Gasteiger partial charge in [-0.25, -0.2) is 0 Å². The summed E-state index contributed by atoms with van der Waals surface area (Å²) in [5.74, 6) is 0. The van der Waals surface area contributed by atoms with Crippen LogP contribution in [0, 0.1) is 7.14 Å². The van der Waals surface area contributed by atoms with Gasteiger partial charge in [-0.15, -0.1) is 24.0 Å². The third-order valence-corrected chi connectivity index (χ3v) is 5.89. The standard InChI is InChI=1S/C8H4I2S2/c9-5-2-1-4-6(10)3-12-8(4)7(5)11/h1-3,11H. The zero-order valence-corrected chi connectivity index (χ0v) is 11.9. The van der Waals surface area contributed by atoms with Crippen LogP contribution in [0.3, 0.4) is 0 Å². The van der Waals surface area contributed by atoms with Gasteiger partial charge < -0.3 is 0 Å². The molecule has 0 saturated carbocycles. The van der Waals surface area contributed by atoms with Crippen LogP contribution < -0.4 is 0 Å². The van der Waals surface area contributed by atoms with E-state index in [0.29, 0.717) is 0 Å². The highest BCUT2D eigenvalue weighted by Crippen LogP contribution is 2.34. The van der Waals surface area contributed by atoms with E-state index in [4.69, 9.17) is 0 Å². The lowest BCUT2D eigenvalue weighted by Gasteiger charge is -1.97. The summed E-state index contributed by atoms with van der Waals surface area (Å²) in [7, 11) is 0. The third-order valence-electron chi connectivity index (χ3n) is 1.62. The highest BCUT2D eigenvalue weighted by molar-refractivity contribution is 14.1. The normalized spacial score (nSPS) is 10.9. The van der Waals surface area contributed by atoms with Crippen molar-refractivity contribution in [3.63, 3.8) is 0 Å². The monoisotopic (exact) mass is 418 g/mol. The van der Waals surface area contributed by atoms with E-state index in [9.17, 15) is 0 Å². The molecule has 0 bridgehead atoms. The highest BCUT2D eigenvalue weighted by atomic mass is 127. The maximum atomic E-state index is 4.48. The molecule has 1 heterocycles. The Morgan fingerprint density at radius 2 is 1.92 bits per heavy atom. The van der Waals surface area contributed by atoms with Crippen molar-refractivity contribution in [1.29, 1.82) is 0 Å². The minimum absolute atomic E-state index is 1.11. The quantitative estimate of drug-likeness (QED) is 0.476. The molecule has 1 aromatic carbocycles. The Balaban J connectivity index is 2.93. The lowest BCUT2D eigenvalue weighted by Crippen LogP contribution is -1.75. The molecule has 0 radical (unpaired) electrons. The molecule has 0 amide bonds. The fourth-order valence-electron chi connectivity index (χ4n) is 1.03. The maximum Gasteiger partial charge on any atom is 0.0497 e. The van der Waals surface area contributed by atoms with E-state index in [0.717, 1.165) is 4.90 Å². The number of benzene rings is 1. The van der Waals surface area contributed by atoms with Crippen molar-refractivity contribution in [2.45, 2.75) is 4.90 Å². The van der Waals surface area contributed by atoms with E-state index >= 15 is 0 Å². The predicted octanol–water partition coefficient (Wildman–Crippen LogP) is 4.40. The summed E-state index contributed by atoms with van der Waals surface area (Å²) >= 11 is 10.9. The molecule has 0 atom stereocenters. The van der Waals surface area contributed by atoms with Crippen LogP contribution in [-0.2, 0) is 0 Å². The Bertz CT molecular complexity index is 434. The predicted molar refractivity (Wildman–Crippen MR) is 74.5 cm³/mol. The van der Waals surface area contributed by atoms with Crippen LogP contribution in [0.4, 0.5) is 0 Å². The average molecular weight is 418 g/mol. The summed E-state index contributed by atoms with van der Waals surface area (Å²) in [6.07, 6.45) is 0. The van der Waals surface area contributed by atoms with Gasteiger partial charge in [-0.3, -0.25) is 0 Å². The molecule has 4 heteroatoms. The van der Waals surface area contributed by atoms with Gasteiger partial charge in [0.25, 0.3) is 0 Å². The summed E-state index contributed by atoms with van der Waals surface area (Å²) in [5.41, 5.74) is 0. The van der Waals surface area contributed by atoms with Crippen molar-refractivity contribution in [2.75, 3.05) is 0 Å². The van der Waals surface area contributed by atoms with Crippen LogP contribution in [0.5, 0.6) is 0 Å². The summed E-state index contributed by atoms with van der Waals surface area (Å²) in [6.45, 7) is 0. The number of thiophene rings is 1. The fourth-order valence-corrected chi connectivity index (χ4v) is 3.90. The smallest absolute Gasteiger partial charge is 0.0497 e. The Kier molecular flexibility index (Phi) is 2.88. The van der Waals surface area contributed by atoms with Gasteiger partial charge >= 0.3 is 0 Å². The molecule has 0 aliphatic heterocycles. The first-order valence-electron chi connectivity index (χ1n) is 3.24. The number of rotatable bonds is 0. The van der Waals surface area contributed by atoms with Crippen molar-refractivity contribution in [3.8, 4) is 0 Å². The van der Waals surface area contributed by atoms with E-state index in [2.05, 4.69) is 75.3 Å². The molecule has 0 aliphatic rings. The molecule has 0 fully saturated rings. The van der Waals surface area contributed by atoms with Crippen LogP contribution >= 0.6 is 69.1 Å². The Morgan fingerprint density at radius 3 is 2.67 bits per heavy atom. The van der Waals surface area contributed by atoms with Crippen molar-refractivity contribution in [1.82, 2.24) is 0 Å². The van der Waals surface area contributed by atoms with Crippen molar-refractivity contribution < 1.29 is 0 Å². The molecule has 1 aromatic heterocycles. The first-order chi connectivity index (χ1) is 5.70. The molecule has 12 heavy (non-hydrogen) atoms. The van der Waals surface area contributed by atoms with E-state index in [1.807, 2.05) is 0 Å². The van der Waals surface area contributed by atoms with Gasteiger partial charge in [0.1, 0.15) is 0 Å². The highest BCUT2D eigenvalue weighted by Gasteiger charge is 2.06. The van der Waals surface area contributed by atoms with Gasteiger partial charge in [0, 0.05) is 27.5 Å². The summed E-state index contributed by atoms with van der Waals surface area (Å²) < 4.78 is 3.84. The zero-order valence-electron chi connectivity index (χ0n) is 5.84. The number of halogens is 2. The van der Waals surface area contributed by atoms with E-state index < -0.39 is 0 Å². The Hall–Kier alpha value is 0.990. The largest absolute Gasteiger partial charge is 0.141 e. The molecule has 2 aromatic rings. The maximum absolute atomic E-state index is 4.48. The van der Waals surface area contributed by atoms with Crippen LogP contribution in [0.25, 0.3) is 10.1 Å². The van der Waals surface area contributed by atoms with E-state index in [1.165, 1.54) is 17.2 Å². The van der Waals surface area contributed by atoms with Gasteiger partial charge in [-0.05, 0) is 51.2 Å². The second-order valence-electron chi connectivity index (χ2n) is 2.36. The topological polar surface area (TPSA) is 0 Å². The second kappa shape index (κ2) is 3.62. The average Bonchev–Trinajstić information content (AvgIpc) is 2.41. The second-order valence-corrected chi connectivity index (χ2v) is 6.01. The van der Waals surface area contributed by atoms with Crippen LogP contribution in [-0.4, -0.2) is 0 Å². The van der Waals surface area contributed by atoms with Crippen molar-refractivity contribution in [2.24, 2.45) is 0 Å². The van der Waals surface area contributed by atoms with E-state index in [-0.39, 0.29) is 0 Å². The molecule has 2 rings (SSSR count). The number of fused-ring (bicyclic) bond motifs is 1. The molecule has 0 N–H and O–H groups in total. The molecular formula is C8H4I2S2. The lowest BCUT2D eigenvalue weighted by atomic mass is 10.3. The number of hydrogen-bond donors (Lipinski definition) is 1. The molecule has 0 nitrogen and oxygen atoms in total. The minimum Gasteiger partial charge on any atom is -0.141 e. The first kappa shape index (κ1) is 9.54. The van der Waals surface area contributed by atoms with Crippen LogP contribution in [0.15, 0.2) is 22.4 Å². The fraction of sp³-hybridized carbons (Fsp3) is 0. The summed E-state index contributed by atoms with van der Waals surface area (Å²) in [4.78, 5) is 1.11. The van der Waals surface area contributed by atoms with Crippen LogP contribution in [0.1, 0.15) is 0 Å². The molecular weight excluding hydrogens is 414 g/mol. The molecule has 0 spiro atoms. The minimum atomic E-state index is 1.11. The Morgan fingerprint density at radius 1 is 1.17 bits per heavy atom. The van der Waals surface area contributed by atoms with E-state index in [1.54, 1.807) is 11.3 Å². The SMILES string of the molecule is Sc1c(I)ccc2c(I)csc12.